The van der Waals surface area contributed by atoms with Crippen LogP contribution in [-0.2, 0) is 23.1 Å². The van der Waals surface area contributed by atoms with E-state index in [1.807, 2.05) is 12.1 Å². The molecule has 1 fully saturated rings. The molecule has 0 atom stereocenters. The molecule has 2 aromatic rings. The normalized spacial score (nSPS) is 19.8. The number of anilines is 1. The average molecular weight is 344 g/mol. The lowest BCUT2D eigenvalue weighted by Crippen LogP contribution is -2.37. The molecule has 2 aliphatic carbocycles. The van der Waals surface area contributed by atoms with Crippen LogP contribution in [0.1, 0.15) is 41.5 Å². The number of allylic oxidation sites excluding steroid dienone is 1. The van der Waals surface area contributed by atoms with Gasteiger partial charge in [-0.1, -0.05) is 36.4 Å². The zero-order chi connectivity index (χ0) is 17.6. The van der Waals surface area contributed by atoms with Crippen molar-refractivity contribution in [3.8, 4) is 0 Å². The molecule has 5 rings (SSSR count). The van der Waals surface area contributed by atoms with Gasteiger partial charge >= 0.3 is 0 Å². The molecule has 1 amide bonds. The van der Waals surface area contributed by atoms with Crippen LogP contribution in [0.4, 0.5) is 5.69 Å². The summed E-state index contributed by atoms with van der Waals surface area (Å²) in [5, 5.41) is 6.60. The number of piperidine rings is 1. The lowest BCUT2D eigenvalue weighted by Gasteiger charge is -2.33. The van der Waals surface area contributed by atoms with Crippen molar-refractivity contribution in [1.29, 1.82) is 0 Å². The third-order valence-corrected chi connectivity index (χ3v) is 6.27. The summed E-state index contributed by atoms with van der Waals surface area (Å²) in [4.78, 5) is 13.1. The second kappa shape index (κ2) is 6.10. The van der Waals surface area contributed by atoms with E-state index < -0.39 is 0 Å². The molecule has 2 aromatic carbocycles. The Morgan fingerprint density at radius 3 is 2.69 bits per heavy atom. The maximum Gasteiger partial charge on any atom is 0.255 e. The van der Waals surface area contributed by atoms with Gasteiger partial charge in [-0.15, -0.1) is 0 Å². The number of nitrogens with one attached hydrogen (secondary N) is 2. The molecule has 0 aromatic heterocycles. The largest absolute Gasteiger partial charge is 0.322 e. The first-order chi connectivity index (χ1) is 12.8. The van der Waals surface area contributed by atoms with E-state index in [1.54, 1.807) is 0 Å². The van der Waals surface area contributed by atoms with Crippen molar-refractivity contribution in [2.75, 3.05) is 18.4 Å². The highest BCUT2D eigenvalue weighted by Gasteiger charge is 2.40. The van der Waals surface area contributed by atoms with Gasteiger partial charge < -0.3 is 10.6 Å². The maximum absolute atomic E-state index is 13.1. The van der Waals surface area contributed by atoms with E-state index in [9.17, 15) is 4.79 Å². The van der Waals surface area contributed by atoms with Crippen LogP contribution in [0.3, 0.4) is 0 Å². The highest BCUT2D eigenvalue weighted by atomic mass is 16.1. The summed E-state index contributed by atoms with van der Waals surface area (Å²) in [7, 11) is 0. The van der Waals surface area contributed by atoms with E-state index in [0.29, 0.717) is 0 Å². The molecule has 1 heterocycles. The van der Waals surface area contributed by atoms with Gasteiger partial charge in [0.25, 0.3) is 5.91 Å². The summed E-state index contributed by atoms with van der Waals surface area (Å²) >= 11 is 0. The lowest BCUT2D eigenvalue weighted by atomic mass is 9.75. The van der Waals surface area contributed by atoms with Crippen molar-refractivity contribution in [1.82, 2.24) is 5.32 Å². The molecule has 3 heteroatoms. The van der Waals surface area contributed by atoms with Crippen LogP contribution in [0.25, 0.3) is 5.57 Å². The van der Waals surface area contributed by atoms with E-state index in [0.717, 1.165) is 49.2 Å². The minimum absolute atomic E-state index is 0.0193. The Labute approximate surface area is 154 Å². The Hall–Kier alpha value is -2.39. The van der Waals surface area contributed by atoms with Crippen LogP contribution < -0.4 is 10.6 Å². The minimum atomic E-state index is 0.0193. The first-order valence-corrected chi connectivity index (χ1v) is 9.72. The number of aryl methyl sites for hydroxylation is 2. The molecular formula is C23H24N2O. The molecular weight excluding hydrogens is 320 g/mol. The number of fused-ring (bicyclic) bond motifs is 3. The Morgan fingerprint density at radius 1 is 1.00 bits per heavy atom. The van der Waals surface area contributed by atoms with Crippen molar-refractivity contribution < 1.29 is 4.79 Å². The van der Waals surface area contributed by atoms with E-state index >= 15 is 0 Å². The van der Waals surface area contributed by atoms with Crippen LogP contribution in [-0.4, -0.2) is 19.0 Å². The number of benzene rings is 2. The standard InChI is InChI=1S/C23H24N2O/c26-22(25-18-9-8-16-4-3-5-17(16)14-18)20-15-23(10-12-24-13-11-23)21-7-2-1-6-19(20)21/h1-2,6-9,14-15,24H,3-5,10-13H2,(H,25,26). The molecule has 3 aliphatic rings. The molecule has 132 valence electrons. The Bertz CT molecular complexity index is 906. The second-order valence-corrected chi connectivity index (χ2v) is 7.80. The van der Waals surface area contributed by atoms with Gasteiger partial charge in [-0.2, -0.15) is 0 Å². The monoisotopic (exact) mass is 344 g/mol. The highest BCUT2D eigenvalue weighted by Crippen LogP contribution is 2.46. The van der Waals surface area contributed by atoms with Crippen molar-refractivity contribution in [3.05, 3.63) is 70.8 Å². The quantitative estimate of drug-likeness (QED) is 0.869. The number of carbonyl (C=O) groups excluding carboxylic acids is 1. The predicted molar refractivity (Wildman–Crippen MR) is 105 cm³/mol. The van der Waals surface area contributed by atoms with Crippen LogP contribution in [0.2, 0.25) is 0 Å². The molecule has 0 radical (unpaired) electrons. The fourth-order valence-electron chi connectivity index (χ4n) is 4.91. The van der Waals surface area contributed by atoms with Crippen molar-refractivity contribution in [2.24, 2.45) is 0 Å². The molecule has 1 spiro atoms. The van der Waals surface area contributed by atoms with Crippen LogP contribution in [0.15, 0.2) is 48.5 Å². The van der Waals surface area contributed by atoms with Gasteiger partial charge in [0.1, 0.15) is 0 Å². The second-order valence-electron chi connectivity index (χ2n) is 7.80. The molecule has 0 bridgehead atoms. The summed E-state index contributed by atoms with van der Waals surface area (Å²) in [6.45, 7) is 2.01. The third-order valence-electron chi connectivity index (χ3n) is 6.27. The van der Waals surface area contributed by atoms with E-state index in [4.69, 9.17) is 0 Å². The van der Waals surface area contributed by atoms with E-state index in [1.165, 1.54) is 29.5 Å². The third kappa shape index (κ3) is 2.50. The summed E-state index contributed by atoms with van der Waals surface area (Å²) in [5.74, 6) is 0.0193. The molecule has 26 heavy (non-hydrogen) atoms. The van der Waals surface area contributed by atoms with Gasteiger partial charge in [0.15, 0.2) is 0 Å². The van der Waals surface area contributed by atoms with Gasteiger partial charge in [0.05, 0.1) is 0 Å². The fourth-order valence-corrected chi connectivity index (χ4v) is 4.91. The number of hydrogen-bond acceptors (Lipinski definition) is 2. The number of rotatable bonds is 2. The number of carbonyl (C=O) groups is 1. The maximum atomic E-state index is 13.1. The summed E-state index contributed by atoms with van der Waals surface area (Å²) in [6.07, 6.45) is 7.86. The van der Waals surface area contributed by atoms with Gasteiger partial charge in [0, 0.05) is 16.7 Å². The Balaban J connectivity index is 1.47. The molecule has 0 unspecified atom stereocenters. The zero-order valence-corrected chi connectivity index (χ0v) is 15.0. The van der Waals surface area contributed by atoms with Crippen molar-refractivity contribution >= 4 is 17.2 Å². The Kier molecular flexibility index (Phi) is 3.71. The molecule has 1 saturated heterocycles. The average Bonchev–Trinajstić information content (AvgIpc) is 3.26. The highest BCUT2D eigenvalue weighted by molar-refractivity contribution is 6.27. The van der Waals surface area contributed by atoms with Gasteiger partial charge in [-0.25, -0.2) is 0 Å². The SMILES string of the molecule is O=C(Nc1ccc2c(c1)CCC2)C1=CC2(CCNCC2)c2ccccc21. The zero-order valence-electron chi connectivity index (χ0n) is 15.0. The number of amides is 1. The van der Waals surface area contributed by atoms with Gasteiger partial charge in [0.2, 0.25) is 0 Å². The predicted octanol–water partition coefficient (Wildman–Crippen LogP) is 3.83. The topological polar surface area (TPSA) is 41.1 Å². The Morgan fingerprint density at radius 2 is 1.81 bits per heavy atom. The van der Waals surface area contributed by atoms with E-state index in [-0.39, 0.29) is 11.3 Å². The molecule has 3 nitrogen and oxygen atoms in total. The first-order valence-electron chi connectivity index (χ1n) is 9.72. The molecule has 2 N–H and O–H groups in total. The summed E-state index contributed by atoms with van der Waals surface area (Å²) in [6, 6.07) is 14.8. The summed E-state index contributed by atoms with van der Waals surface area (Å²) < 4.78 is 0. The lowest BCUT2D eigenvalue weighted by molar-refractivity contribution is -0.111. The van der Waals surface area contributed by atoms with Crippen LogP contribution in [0.5, 0.6) is 0 Å². The summed E-state index contributed by atoms with van der Waals surface area (Å²) in [5.41, 5.74) is 7.02. The first kappa shape index (κ1) is 15.8. The molecule has 1 aliphatic heterocycles. The van der Waals surface area contributed by atoms with Gasteiger partial charge in [-0.3, -0.25) is 4.79 Å². The molecule has 0 saturated carbocycles. The fraction of sp³-hybridized carbons (Fsp3) is 0.348. The van der Waals surface area contributed by atoms with Crippen molar-refractivity contribution in [3.63, 3.8) is 0 Å². The number of hydrogen-bond donors (Lipinski definition) is 2. The smallest absolute Gasteiger partial charge is 0.255 e. The van der Waals surface area contributed by atoms with E-state index in [2.05, 4.69) is 47.0 Å². The minimum Gasteiger partial charge on any atom is -0.322 e. The van der Waals surface area contributed by atoms with Crippen molar-refractivity contribution in [2.45, 2.75) is 37.5 Å². The van der Waals surface area contributed by atoms with Gasteiger partial charge in [-0.05, 0) is 79.6 Å². The van der Waals surface area contributed by atoms with Crippen LogP contribution >= 0.6 is 0 Å². The van der Waals surface area contributed by atoms with Crippen LogP contribution in [0, 0.1) is 0 Å².